The van der Waals surface area contributed by atoms with Gasteiger partial charge in [0.2, 0.25) is 0 Å². The van der Waals surface area contributed by atoms with E-state index in [-0.39, 0.29) is 5.92 Å². The van der Waals surface area contributed by atoms with E-state index in [0.29, 0.717) is 0 Å². The molecule has 236 valence electrons. The van der Waals surface area contributed by atoms with Crippen LogP contribution in [0.1, 0.15) is 22.6 Å². The van der Waals surface area contributed by atoms with Crippen molar-refractivity contribution in [3.05, 3.63) is 223 Å². The monoisotopic (exact) mass is 637 g/mol. The van der Waals surface area contributed by atoms with Crippen molar-refractivity contribution in [3.8, 4) is 39.1 Å². The Morgan fingerprint density at radius 2 is 0.640 bits per heavy atom. The van der Waals surface area contributed by atoms with Gasteiger partial charge in [0.25, 0.3) is 0 Å². The summed E-state index contributed by atoms with van der Waals surface area (Å²) in [4.78, 5) is 0. The lowest BCUT2D eigenvalue weighted by atomic mass is 9.83. The van der Waals surface area contributed by atoms with Crippen LogP contribution in [0.3, 0.4) is 0 Å². The predicted molar refractivity (Wildman–Crippen MR) is 211 cm³/mol. The van der Waals surface area contributed by atoms with E-state index in [4.69, 9.17) is 0 Å². The third-order valence-electron chi connectivity index (χ3n) is 9.96. The van der Waals surface area contributed by atoms with E-state index in [1.54, 1.807) is 0 Å². The van der Waals surface area contributed by atoms with Crippen LogP contribution in [0, 0.1) is 0 Å². The molecule has 0 spiro atoms. The molecule has 0 radical (unpaired) electrons. The smallest absolute Gasteiger partial charge is 0.0541 e. The van der Waals surface area contributed by atoms with Gasteiger partial charge < -0.3 is 4.57 Å². The van der Waals surface area contributed by atoms with Crippen molar-refractivity contribution < 1.29 is 0 Å². The molecule has 1 aromatic heterocycles. The van der Waals surface area contributed by atoms with E-state index < -0.39 is 0 Å². The van der Waals surface area contributed by atoms with Gasteiger partial charge in [0, 0.05) is 22.4 Å². The highest BCUT2D eigenvalue weighted by atomic mass is 15.0. The zero-order valence-electron chi connectivity index (χ0n) is 27.7. The van der Waals surface area contributed by atoms with Crippen molar-refractivity contribution in [2.24, 2.45) is 0 Å². The molecule has 1 nitrogen and oxygen atoms in total. The first kappa shape index (κ1) is 29.7. The van der Waals surface area contributed by atoms with Crippen LogP contribution in [-0.4, -0.2) is 4.57 Å². The lowest BCUT2D eigenvalue weighted by Crippen LogP contribution is -2.03. The molecule has 0 amide bonds. The summed E-state index contributed by atoms with van der Waals surface area (Å²) < 4.78 is 2.39. The van der Waals surface area contributed by atoms with E-state index in [1.165, 1.54) is 77.6 Å². The molecule has 1 heterocycles. The summed E-state index contributed by atoms with van der Waals surface area (Å²) in [7, 11) is 0. The van der Waals surface area contributed by atoms with Crippen molar-refractivity contribution >= 4 is 21.8 Å². The van der Waals surface area contributed by atoms with Gasteiger partial charge in [-0.05, 0) is 74.3 Å². The minimum Gasteiger partial charge on any atom is -0.309 e. The average molecular weight is 638 g/mol. The Morgan fingerprint density at radius 3 is 1.10 bits per heavy atom. The van der Waals surface area contributed by atoms with E-state index in [2.05, 4.69) is 211 Å². The van der Waals surface area contributed by atoms with Gasteiger partial charge >= 0.3 is 0 Å². The first-order chi connectivity index (χ1) is 24.8. The molecule has 9 rings (SSSR count). The molecule has 9 aromatic rings. The number of fused-ring (bicyclic) bond motifs is 3. The lowest BCUT2D eigenvalue weighted by molar-refractivity contribution is 0.978. The molecule has 0 unspecified atom stereocenters. The summed E-state index contributed by atoms with van der Waals surface area (Å²) >= 11 is 0. The fourth-order valence-corrected chi connectivity index (χ4v) is 7.47. The Labute approximate surface area is 293 Å². The third kappa shape index (κ3) is 5.49. The SMILES string of the molecule is c1ccc(-c2ccc(C(c3ccc(-c4ccccc4)cc3)c3ccc(-c4cccc(-n5c6ccccc6c6ccccc65)c4)cc3)cc2)cc1. The summed E-state index contributed by atoms with van der Waals surface area (Å²) in [6.07, 6.45) is 0. The van der Waals surface area contributed by atoms with E-state index in [9.17, 15) is 0 Å². The third-order valence-corrected chi connectivity index (χ3v) is 9.96. The summed E-state index contributed by atoms with van der Waals surface area (Å²) in [5, 5.41) is 2.55. The van der Waals surface area contributed by atoms with E-state index >= 15 is 0 Å². The van der Waals surface area contributed by atoms with Crippen LogP contribution >= 0.6 is 0 Å². The van der Waals surface area contributed by atoms with Gasteiger partial charge in [-0.1, -0.05) is 182 Å². The summed E-state index contributed by atoms with van der Waals surface area (Å²) in [5.41, 5.74) is 14.8. The largest absolute Gasteiger partial charge is 0.309 e. The number of rotatable bonds is 7. The van der Waals surface area contributed by atoms with Crippen LogP contribution in [0.4, 0.5) is 0 Å². The molecule has 0 saturated heterocycles. The number of benzene rings is 8. The van der Waals surface area contributed by atoms with Crippen molar-refractivity contribution in [3.63, 3.8) is 0 Å². The Morgan fingerprint density at radius 1 is 0.280 bits per heavy atom. The summed E-state index contributed by atoms with van der Waals surface area (Å²) in [6.45, 7) is 0. The van der Waals surface area contributed by atoms with E-state index in [1.807, 2.05) is 0 Å². The van der Waals surface area contributed by atoms with E-state index in [0.717, 1.165) is 0 Å². The Kier molecular flexibility index (Phi) is 7.64. The van der Waals surface area contributed by atoms with Crippen molar-refractivity contribution in [1.82, 2.24) is 4.57 Å². The number of aromatic nitrogens is 1. The Hall–Kier alpha value is -6.44. The number of nitrogens with zero attached hydrogens (tertiary/aromatic N) is 1. The molecule has 0 saturated carbocycles. The van der Waals surface area contributed by atoms with Crippen LogP contribution < -0.4 is 0 Å². The fourth-order valence-electron chi connectivity index (χ4n) is 7.47. The van der Waals surface area contributed by atoms with Crippen molar-refractivity contribution in [1.29, 1.82) is 0 Å². The first-order valence-corrected chi connectivity index (χ1v) is 17.3. The summed E-state index contributed by atoms with van der Waals surface area (Å²) in [6, 6.07) is 74.9. The molecule has 0 aliphatic rings. The maximum absolute atomic E-state index is 2.39. The standard InChI is InChI=1S/C49H35N/c1-3-12-35(13-4-1)37-22-28-40(29-23-37)49(41-30-24-38(25-31-41)36-14-5-2-6-15-36)42-32-26-39(27-33-42)43-16-11-17-44(34-43)50-47-20-9-7-18-45(47)46-19-8-10-21-48(46)50/h1-34,49H. The topological polar surface area (TPSA) is 4.93 Å². The molecule has 50 heavy (non-hydrogen) atoms. The number of para-hydroxylation sites is 2. The van der Waals surface area contributed by atoms with Gasteiger partial charge in [0.05, 0.1) is 11.0 Å². The second-order valence-electron chi connectivity index (χ2n) is 13.0. The molecule has 0 bridgehead atoms. The van der Waals surface area contributed by atoms with Crippen molar-refractivity contribution in [2.45, 2.75) is 5.92 Å². The first-order valence-electron chi connectivity index (χ1n) is 17.3. The Balaban J connectivity index is 1.09. The zero-order chi connectivity index (χ0) is 33.3. The second kappa shape index (κ2) is 12.9. The maximum Gasteiger partial charge on any atom is 0.0541 e. The normalized spacial score (nSPS) is 11.4. The van der Waals surface area contributed by atoms with Crippen molar-refractivity contribution in [2.75, 3.05) is 0 Å². The Bertz CT molecular complexity index is 2410. The van der Waals surface area contributed by atoms with Gasteiger partial charge in [-0.2, -0.15) is 0 Å². The zero-order valence-corrected chi connectivity index (χ0v) is 27.7. The minimum atomic E-state index is 0.0997. The highest BCUT2D eigenvalue weighted by Gasteiger charge is 2.18. The number of hydrogen-bond acceptors (Lipinski definition) is 0. The maximum atomic E-state index is 2.39. The molecular formula is C49H35N. The van der Waals surface area contributed by atoms with Gasteiger partial charge in [0.15, 0.2) is 0 Å². The molecule has 0 fully saturated rings. The molecule has 0 aliphatic heterocycles. The second-order valence-corrected chi connectivity index (χ2v) is 13.0. The molecule has 0 N–H and O–H groups in total. The van der Waals surface area contributed by atoms with Gasteiger partial charge in [-0.25, -0.2) is 0 Å². The van der Waals surface area contributed by atoms with Gasteiger partial charge in [-0.3, -0.25) is 0 Å². The molecule has 8 aromatic carbocycles. The molecule has 0 atom stereocenters. The molecule has 1 heteroatoms. The quantitative estimate of drug-likeness (QED) is 0.153. The lowest BCUT2D eigenvalue weighted by Gasteiger charge is -2.20. The predicted octanol–water partition coefficient (Wildman–Crippen LogP) is 13.0. The highest BCUT2D eigenvalue weighted by Crippen LogP contribution is 2.37. The fraction of sp³-hybridized carbons (Fsp3) is 0.0204. The molecule has 0 aliphatic carbocycles. The van der Waals surface area contributed by atoms with Crippen LogP contribution in [0.5, 0.6) is 0 Å². The highest BCUT2D eigenvalue weighted by molar-refractivity contribution is 6.09. The summed E-state index contributed by atoms with van der Waals surface area (Å²) in [5.74, 6) is 0.0997. The average Bonchev–Trinajstić information content (AvgIpc) is 3.54. The number of hydrogen-bond donors (Lipinski definition) is 0. The van der Waals surface area contributed by atoms with Gasteiger partial charge in [0.1, 0.15) is 0 Å². The van der Waals surface area contributed by atoms with Gasteiger partial charge in [-0.15, -0.1) is 0 Å². The van der Waals surface area contributed by atoms with Crippen LogP contribution in [0.15, 0.2) is 206 Å². The molecular weight excluding hydrogens is 603 g/mol. The minimum absolute atomic E-state index is 0.0997. The van der Waals surface area contributed by atoms with Crippen LogP contribution in [0.2, 0.25) is 0 Å². The van der Waals surface area contributed by atoms with Crippen LogP contribution in [-0.2, 0) is 0 Å². The van der Waals surface area contributed by atoms with Crippen LogP contribution in [0.25, 0.3) is 60.9 Å².